The Bertz CT molecular complexity index is 385. The van der Waals surface area contributed by atoms with Gasteiger partial charge in [-0.15, -0.1) is 0 Å². The molecule has 72 valence electrons. The molecule has 0 saturated heterocycles. The van der Waals surface area contributed by atoms with Crippen LogP contribution in [0, 0.1) is 10.1 Å². The molecular weight excluding hydrogens is 182 g/mol. The summed E-state index contributed by atoms with van der Waals surface area (Å²) >= 11 is 0. The first-order valence-corrected chi connectivity index (χ1v) is 4.00. The van der Waals surface area contributed by atoms with Crippen LogP contribution >= 0.6 is 0 Å². The molecule has 1 aromatic carbocycles. The monoisotopic (exact) mass is 191 g/mol. The van der Waals surface area contributed by atoms with Crippen molar-refractivity contribution in [3.63, 3.8) is 0 Å². The highest BCUT2D eigenvalue weighted by molar-refractivity contribution is 5.73. The van der Waals surface area contributed by atoms with Crippen molar-refractivity contribution in [3.8, 4) is 0 Å². The third-order valence-corrected chi connectivity index (χ3v) is 1.77. The number of nitro groups is 1. The molecule has 0 radical (unpaired) electrons. The Kier molecular flexibility index (Phi) is 3.12. The number of hydrogen-bond donors (Lipinski definition) is 0. The van der Waals surface area contributed by atoms with Crippen molar-refractivity contribution in [1.29, 1.82) is 0 Å². The van der Waals surface area contributed by atoms with Crippen LogP contribution < -0.4 is 0 Å². The minimum Gasteiger partial charge on any atom is -0.298 e. The predicted molar refractivity (Wildman–Crippen MR) is 52.0 cm³/mol. The SMILES string of the molecule is C=C(C=O)Cc1ccccc1[N+](=O)[O-]. The molecule has 0 N–H and O–H groups in total. The molecule has 0 atom stereocenters. The van der Waals surface area contributed by atoms with Gasteiger partial charge in [0.2, 0.25) is 0 Å². The van der Waals surface area contributed by atoms with Gasteiger partial charge < -0.3 is 0 Å². The maximum absolute atomic E-state index is 10.6. The van der Waals surface area contributed by atoms with Crippen LogP contribution in [0.3, 0.4) is 0 Å². The highest BCUT2D eigenvalue weighted by atomic mass is 16.6. The van der Waals surface area contributed by atoms with E-state index < -0.39 is 4.92 Å². The highest BCUT2D eigenvalue weighted by Crippen LogP contribution is 2.19. The van der Waals surface area contributed by atoms with Crippen molar-refractivity contribution in [2.45, 2.75) is 6.42 Å². The number of rotatable bonds is 4. The minimum absolute atomic E-state index is 0.0236. The van der Waals surface area contributed by atoms with E-state index in [4.69, 9.17) is 0 Å². The maximum atomic E-state index is 10.6. The van der Waals surface area contributed by atoms with E-state index in [0.717, 1.165) is 0 Å². The van der Waals surface area contributed by atoms with E-state index in [2.05, 4.69) is 6.58 Å². The van der Waals surface area contributed by atoms with E-state index in [0.29, 0.717) is 17.4 Å². The van der Waals surface area contributed by atoms with Crippen LogP contribution in [0.25, 0.3) is 0 Å². The topological polar surface area (TPSA) is 60.2 Å². The summed E-state index contributed by atoms with van der Waals surface area (Å²) in [5.41, 5.74) is 0.865. The number of allylic oxidation sites excluding steroid dienone is 1. The van der Waals surface area contributed by atoms with E-state index in [1.807, 2.05) is 0 Å². The van der Waals surface area contributed by atoms with E-state index in [1.165, 1.54) is 6.07 Å². The summed E-state index contributed by atoms with van der Waals surface area (Å²) in [6.45, 7) is 3.48. The lowest BCUT2D eigenvalue weighted by Gasteiger charge is -2.00. The van der Waals surface area contributed by atoms with Crippen molar-refractivity contribution >= 4 is 12.0 Å². The standard InChI is InChI=1S/C10H9NO3/c1-8(7-12)6-9-4-2-3-5-10(9)11(13)14/h2-5,7H,1,6H2. The summed E-state index contributed by atoms with van der Waals surface area (Å²) in [6, 6.07) is 6.31. The molecular formula is C10H9NO3. The second-order valence-electron chi connectivity index (χ2n) is 2.84. The zero-order valence-corrected chi connectivity index (χ0v) is 7.47. The first kappa shape index (κ1) is 10.1. The molecule has 0 aliphatic carbocycles. The zero-order chi connectivity index (χ0) is 10.6. The molecule has 0 bridgehead atoms. The fourth-order valence-corrected chi connectivity index (χ4v) is 1.12. The summed E-state index contributed by atoms with van der Waals surface area (Å²) in [4.78, 5) is 20.4. The number of nitrogens with zero attached hydrogens (tertiary/aromatic N) is 1. The number of nitro benzene ring substituents is 1. The first-order chi connectivity index (χ1) is 6.65. The van der Waals surface area contributed by atoms with Crippen molar-refractivity contribution in [1.82, 2.24) is 0 Å². The van der Waals surface area contributed by atoms with E-state index in [-0.39, 0.29) is 12.1 Å². The number of benzene rings is 1. The largest absolute Gasteiger partial charge is 0.298 e. The third kappa shape index (κ3) is 2.26. The van der Waals surface area contributed by atoms with Crippen LogP contribution in [0.4, 0.5) is 5.69 Å². The molecule has 1 rings (SSSR count). The van der Waals surface area contributed by atoms with Gasteiger partial charge in [-0.1, -0.05) is 24.8 Å². The Labute approximate surface area is 81.0 Å². The number of para-hydroxylation sites is 1. The molecule has 0 unspecified atom stereocenters. The van der Waals surface area contributed by atoms with Gasteiger partial charge in [-0.05, 0) is 5.57 Å². The van der Waals surface area contributed by atoms with Gasteiger partial charge in [0.15, 0.2) is 0 Å². The lowest BCUT2D eigenvalue weighted by molar-refractivity contribution is -0.385. The molecule has 0 aromatic heterocycles. The fraction of sp³-hybridized carbons (Fsp3) is 0.100. The molecule has 0 aliphatic rings. The smallest absolute Gasteiger partial charge is 0.272 e. The summed E-state index contributed by atoms with van der Waals surface area (Å²) < 4.78 is 0. The van der Waals surface area contributed by atoms with Gasteiger partial charge in [0.1, 0.15) is 6.29 Å². The Hall–Kier alpha value is -1.97. The molecule has 4 heteroatoms. The number of carbonyl (C=O) groups excluding carboxylic acids is 1. The van der Waals surface area contributed by atoms with E-state index in [1.54, 1.807) is 18.2 Å². The molecule has 0 heterocycles. The maximum Gasteiger partial charge on any atom is 0.272 e. The molecule has 0 fully saturated rings. The molecule has 0 saturated carbocycles. The average molecular weight is 191 g/mol. The molecule has 14 heavy (non-hydrogen) atoms. The van der Waals surface area contributed by atoms with Crippen LogP contribution in [0.5, 0.6) is 0 Å². The minimum atomic E-state index is -0.465. The van der Waals surface area contributed by atoms with Crippen LogP contribution in [-0.4, -0.2) is 11.2 Å². The Morgan fingerprint density at radius 1 is 1.50 bits per heavy atom. The second-order valence-corrected chi connectivity index (χ2v) is 2.84. The van der Waals surface area contributed by atoms with Crippen molar-refractivity contribution in [2.75, 3.05) is 0 Å². The third-order valence-electron chi connectivity index (χ3n) is 1.77. The summed E-state index contributed by atoms with van der Waals surface area (Å²) in [7, 11) is 0. The first-order valence-electron chi connectivity index (χ1n) is 4.00. The van der Waals surface area contributed by atoms with E-state index in [9.17, 15) is 14.9 Å². The Balaban J connectivity index is 3.01. The Morgan fingerprint density at radius 2 is 2.14 bits per heavy atom. The predicted octanol–water partition coefficient (Wildman–Crippen LogP) is 1.89. The average Bonchev–Trinajstić information content (AvgIpc) is 2.18. The zero-order valence-electron chi connectivity index (χ0n) is 7.47. The lowest BCUT2D eigenvalue weighted by atomic mass is 10.1. The molecule has 0 aliphatic heterocycles. The van der Waals surface area contributed by atoms with Gasteiger partial charge in [-0.25, -0.2) is 0 Å². The van der Waals surface area contributed by atoms with Crippen LogP contribution in [0.15, 0.2) is 36.4 Å². The number of aldehydes is 1. The molecule has 0 spiro atoms. The van der Waals surface area contributed by atoms with Crippen LogP contribution in [0.1, 0.15) is 5.56 Å². The van der Waals surface area contributed by atoms with Gasteiger partial charge in [0.25, 0.3) is 5.69 Å². The van der Waals surface area contributed by atoms with Gasteiger partial charge in [0, 0.05) is 18.1 Å². The highest BCUT2D eigenvalue weighted by Gasteiger charge is 2.12. The van der Waals surface area contributed by atoms with Crippen molar-refractivity contribution in [2.24, 2.45) is 0 Å². The quantitative estimate of drug-likeness (QED) is 0.316. The van der Waals surface area contributed by atoms with Gasteiger partial charge in [-0.3, -0.25) is 14.9 Å². The number of hydrogen-bond acceptors (Lipinski definition) is 3. The van der Waals surface area contributed by atoms with Gasteiger partial charge >= 0.3 is 0 Å². The normalized spacial score (nSPS) is 9.43. The van der Waals surface area contributed by atoms with Crippen molar-refractivity contribution < 1.29 is 9.72 Å². The molecule has 1 aromatic rings. The van der Waals surface area contributed by atoms with Crippen molar-refractivity contribution in [3.05, 3.63) is 52.1 Å². The summed E-state index contributed by atoms with van der Waals surface area (Å²) in [5.74, 6) is 0. The number of carbonyl (C=O) groups is 1. The second kappa shape index (κ2) is 4.32. The lowest BCUT2D eigenvalue weighted by Crippen LogP contribution is -1.97. The van der Waals surface area contributed by atoms with Crippen LogP contribution in [-0.2, 0) is 11.2 Å². The van der Waals surface area contributed by atoms with Gasteiger partial charge in [0.05, 0.1) is 4.92 Å². The van der Waals surface area contributed by atoms with Gasteiger partial charge in [-0.2, -0.15) is 0 Å². The molecule has 4 nitrogen and oxygen atoms in total. The van der Waals surface area contributed by atoms with E-state index >= 15 is 0 Å². The summed E-state index contributed by atoms with van der Waals surface area (Å²) in [5, 5.41) is 10.6. The fourth-order valence-electron chi connectivity index (χ4n) is 1.12. The molecule has 0 amide bonds. The Morgan fingerprint density at radius 3 is 2.71 bits per heavy atom. The summed E-state index contributed by atoms with van der Waals surface area (Å²) in [6.07, 6.45) is 0.831. The van der Waals surface area contributed by atoms with Crippen LogP contribution in [0.2, 0.25) is 0 Å².